The summed E-state index contributed by atoms with van der Waals surface area (Å²) in [6.45, 7) is 1.13. The first-order chi connectivity index (χ1) is 7.84. The van der Waals surface area contributed by atoms with Crippen molar-refractivity contribution in [2.75, 3.05) is 6.54 Å². The summed E-state index contributed by atoms with van der Waals surface area (Å²) < 4.78 is 0. The van der Waals surface area contributed by atoms with E-state index in [-0.39, 0.29) is 0 Å². The average Bonchev–Trinajstić information content (AvgIpc) is 2.73. The van der Waals surface area contributed by atoms with Gasteiger partial charge in [0.15, 0.2) is 0 Å². The Morgan fingerprint density at radius 1 is 1.25 bits per heavy atom. The van der Waals surface area contributed by atoms with Crippen molar-refractivity contribution >= 4 is 22.5 Å². The van der Waals surface area contributed by atoms with Crippen molar-refractivity contribution in [1.29, 1.82) is 0 Å². The first kappa shape index (κ1) is 10.2. The van der Waals surface area contributed by atoms with Crippen LogP contribution < -0.4 is 5.32 Å². The van der Waals surface area contributed by atoms with Crippen LogP contribution in [0.4, 0.5) is 0 Å². The molecule has 1 aliphatic rings. The number of nitrogens with one attached hydrogen (secondary N) is 2. The highest BCUT2D eigenvalue weighted by Crippen LogP contribution is 2.30. The Balaban J connectivity index is 2.03. The topological polar surface area (TPSA) is 27.8 Å². The molecule has 1 fully saturated rings. The molecule has 1 aromatic heterocycles. The van der Waals surface area contributed by atoms with Gasteiger partial charge >= 0.3 is 0 Å². The summed E-state index contributed by atoms with van der Waals surface area (Å²) >= 11 is 5.98. The number of halogens is 1. The van der Waals surface area contributed by atoms with E-state index in [9.17, 15) is 0 Å². The van der Waals surface area contributed by atoms with Gasteiger partial charge in [-0.1, -0.05) is 24.1 Å². The van der Waals surface area contributed by atoms with E-state index in [4.69, 9.17) is 11.6 Å². The molecule has 0 amide bonds. The summed E-state index contributed by atoms with van der Waals surface area (Å²) in [4.78, 5) is 3.30. The third kappa shape index (κ3) is 1.72. The molecule has 1 saturated heterocycles. The van der Waals surface area contributed by atoms with Crippen molar-refractivity contribution in [3.8, 4) is 0 Å². The Labute approximate surface area is 100.0 Å². The molecule has 1 unspecified atom stereocenters. The second-order valence-electron chi connectivity index (χ2n) is 4.44. The van der Waals surface area contributed by atoms with Gasteiger partial charge in [-0.05, 0) is 37.1 Å². The van der Waals surface area contributed by atoms with Crippen molar-refractivity contribution in [3.05, 3.63) is 35.0 Å². The van der Waals surface area contributed by atoms with Crippen LogP contribution in [-0.4, -0.2) is 11.5 Å². The molecule has 1 atom stereocenters. The van der Waals surface area contributed by atoms with Crippen LogP contribution in [0.3, 0.4) is 0 Å². The summed E-state index contributed by atoms with van der Waals surface area (Å²) in [5.41, 5.74) is 2.52. The molecule has 3 heteroatoms. The van der Waals surface area contributed by atoms with E-state index in [1.54, 1.807) is 0 Å². The summed E-state index contributed by atoms with van der Waals surface area (Å²) in [5, 5.41) is 5.66. The van der Waals surface area contributed by atoms with E-state index >= 15 is 0 Å². The predicted octanol–water partition coefficient (Wildman–Crippen LogP) is 3.64. The van der Waals surface area contributed by atoms with Crippen molar-refractivity contribution in [1.82, 2.24) is 10.3 Å². The Hall–Kier alpha value is -0.990. The fourth-order valence-corrected chi connectivity index (χ4v) is 2.70. The van der Waals surface area contributed by atoms with Gasteiger partial charge in [0.2, 0.25) is 0 Å². The zero-order chi connectivity index (χ0) is 11.0. The van der Waals surface area contributed by atoms with Crippen LogP contribution in [0.25, 0.3) is 10.9 Å². The molecule has 1 aliphatic heterocycles. The molecule has 0 radical (unpaired) electrons. The molecule has 0 spiro atoms. The van der Waals surface area contributed by atoms with E-state index < -0.39 is 0 Å². The number of fused-ring (bicyclic) bond motifs is 1. The van der Waals surface area contributed by atoms with E-state index in [2.05, 4.69) is 22.6 Å². The SMILES string of the molecule is Clc1ccc2c(C3CCCCN3)c[nH]c2c1. The van der Waals surface area contributed by atoms with Crippen molar-refractivity contribution in [2.24, 2.45) is 0 Å². The van der Waals surface area contributed by atoms with Gasteiger partial charge in [-0.25, -0.2) is 0 Å². The Kier molecular flexibility index (Phi) is 2.62. The molecule has 2 nitrogen and oxygen atoms in total. The molecule has 2 N–H and O–H groups in total. The maximum Gasteiger partial charge on any atom is 0.0472 e. The first-order valence-electron chi connectivity index (χ1n) is 5.84. The van der Waals surface area contributed by atoms with Gasteiger partial charge in [-0.2, -0.15) is 0 Å². The molecule has 0 bridgehead atoms. The lowest BCUT2D eigenvalue weighted by Gasteiger charge is -2.23. The van der Waals surface area contributed by atoms with E-state index in [1.165, 1.54) is 30.2 Å². The highest BCUT2D eigenvalue weighted by Gasteiger charge is 2.17. The van der Waals surface area contributed by atoms with Gasteiger partial charge in [0.1, 0.15) is 0 Å². The van der Waals surface area contributed by atoms with Crippen molar-refractivity contribution < 1.29 is 0 Å². The van der Waals surface area contributed by atoms with Crippen molar-refractivity contribution in [3.63, 3.8) is 0 Å². The molecule has 2 heterocycles. The number of aromatic amines is 1. The van der Waals surface area contributed by atoms with Gasteiger partial charge in [0.25, 0.3) is 0 Å². The number of benzene rings is 1. The zero-order valence-corrected chi connectivity index (χ0v) is 9.85. The molecular formula is C13H15ClN2. The number of hydrogen-bond donors (Lipinski definition) is 2. The smallest absolute Gasteiger partial charge is 0.0472 e. The monoisotopic (exact) mass is 234 g/mol. The number of aromatic nitrogens is 1. The van der Waals surface area contributed by atoms with Crippen LogP contribution in [0.15, 0.2) is 24.4 Å². The third-order valence-electron chi connectivity index (χ3n) is 3.36. The number of rotatable bonds is 1. The Morgan fingerprint density at radius 3 is 3.00 bits per heavy atom. The van der Waals surface area contributed by atoms with E-state index in [0.29, 0.717) is 6.04 Å². The standard InChI is InChI=1S/C13H15ClN2/c14-9-4-5-10-11(8-16-13(10)7-9)12-3-1-2-6-15-12/h4-5,7-8,12,15-16H,1-3,6H2. The lowest BCUT2D eigenvalue weighted by molar-refractivity contribution is 0.414. The summed E-state index contributed by atoms with van der Waals surface area (Å²) in [7, 11) is 0. The molecule has 16 heavy (non-hydrogen) atoms. The number of H-pyrrole nitrogens is 1. The van der Waals surface area contributed by atoms with Gasteiger partial charge in [0, 0.05) is 28.2 Å². The first-order valence-corrected chi connectivity index (χ1v) is 6.22. The van der Waals surface area contributed by atoms with E-state index in [1.807, 2.05) is 12.1 Å². The molecule has 0 saturated carbocycles. The van der Waals surface area contributed by atoms with Crippen LogP contribution in [0.2, 0.25) is 5.02 Å². The fraction of sp³-hybridized carbons (Fsp3) is 0.385. The average molecular weight is 235 g/mol. The van der Waals surface area contributed by atoms with Crippen LogP contribution in [0.5, 0.6) is 0 Å². The maximum absolute atomic E-state index is 5.98. The molecule has 2 aromatic rings. The van der Waals surface area contributed by atoms with Crippen LogP contribution in [0.1, 0.15) is 30.9 Å². The molecule has 0 aliphatic carbocycles. The van der Waals surface area contributed by atoms with Crippen LogP contribution >= 0.6 is 11.6 Å². The highest BCUT2D eigenvalue weighted by molar-refractivity contribution is 6.31. The second kappa shape index (κ2) is 4.11. The van der Waals surface area contributed by atoms with Gasteiger partial charge in [-0.15, -0.1) is 0 Å². The predicted molar refractivity (Wildman–Crippen MR) is 67.9 cm³/mol. The third-order valence-corrected chi connectivity index (χ3v) is 3.60. The lowest BCUT2D eigenvalue weighted by Crippen LogP contribution is -2.26. The largest absolute Gasteiger partial charge is 0.361 e. The van der Waals surface area contributed by atoms with Gasteiger partial charge in [0.05, 0.1) is 0 Å². The molecule has 84 valence electrons. The number of hydrogen-bond acceptors (Lipinski definition) is 1. The fourth-order valence-electron chi connectivity index (χ4n) is 2.53. The van der Waals surface area contributed by atoms with Gasteiger partial charge in [-0.3, -0.25) is 0 Å². The maximum atomic E-state index is 5.98. The van der Waals surface area contributed by atoms with Crippen LogP contribution in [-0.2, 0) is 0 Å². The van der Waals surface area contributed by atoms with E-state index in [0.717, 1.165) is 17.1 Å². The minimum absolute atomic E-state index is 0.503. The zero-order valence-electron chi connectivity index (χ0n) is 9.09. The normalized spacial score (nSPS) is 21.4. The summed E-state index contributed by atoms with van der Waals surface area (Å²) in [6.07, 6.45) is 5.96. The Bertz CT molecular complexity index is 498. The minimum atomic E-state index is 0.503. The van der Waals surface area contributed by atoms with Crippen molar-refractivity contribution in [2.45, 2.75) is 25.3 Å². The Morgan fingerprint density at radius 2 is 2.19 bits per heavy atom. The molecule has 1 aromatic carbocycles. The number of piperidine rings is 1. The molecule has 3 rings (SSSR count). The quantitative estimate of drug-likeness (QED) is 0.775. The van der Waals surface area contributed by atoms with Gasteiger partial charge < -0.3 is 10.3 Å². The highest BCUT2D eigenvalue weighted by atomic mass is 35.5. The summed E-state index contributed by atoms with van der Waals surface area (Å²) in [5.74, 6) is 0. The lowest BCUT2D eigenvalue weighted by atomic mass is 9.97. The molecular weight excluding hydrogens is 220 g/mol. The second-order valence-corrected chi connectivity index (χ2v) is 4.87. The minimum Gasteiger partial charge on any atom is -0.361 e. The van der Waals surface area contributed by atoms with Crippen LogP contribution in [0, 0.1) is 0 Å². The summed E-state index contributed by atoms with van der Waals surface area (Å²) in [6, 6.07) is 6.57.